The van der Waals surface area contributed by atoms with Crippen molar-refractivity contribution in [3.63, 3.8) is 0 Å². The maximum atomic E-state index is 11.8. The first-order valence-corrected chi connectivity index (χ1v) is 6.45. The molecule has 0 bridgehead atoms. The lowest BCUT2D eigenvalue weighted by atomic mass is 10.0. The third-order valence-electron chi connectivity index (χ3n) is 3.08. The number of amides is 1. The van der Waals surface area contributed by atoms with Gasteiger partial charge in [-0.25, -0.2) is 0 Å². The third-order valence-corrected chi connectivity index (χ3v) is 3.08. The summed E-state index contributed by atoms with van der Waals surface area (Å²) in [5, 5.41) is 15.8. The summed E-state index contributed by atoms with van der Waals surface area (Å²) in [6.45, 7) is 5.50. The van der Waals surface area contributed by atoms with Gasteiger partial charge in [-0.3, -0.25) is 4.79 Å². The fourth-order valence-electron chi connectivity index (χ4n) is 2.10. The number of rotatable bonds is 4. The number of aliphatic hydroxyl groups is 1. The molecule has 1 amide bonds. The van der Waals surface area contributed by atoms with Crippen LogP contribution in [0.3, 0.4) is 0 Å². The molecule has 0 aromatic carbocycles. The topological polar surface area (TPSA) is 87.4 Å². The summed E-state index contributed by atoms with van der Waals surface area (Å²) in [7, 11) is 0. The highest BCUT2D eigenvalue weighted by Gasteiger charge is 2.25. The zero-order valence-electron chi connectivity index (χ0n) is 10.8. The molecule has 100 valence electrons. The van der Waals surface area contributed by atoms with Crippen molar-refractivity contribution in [1.29, 1.82) is 0 Å². The van der Waals surface area contributed by atoms with Crippen LogP contribution < -0.4 is 16.4 Å². The van der Waals surface area contributed by atoms with Gasteiger partial charge in [0.1, 0.15) is 0 Å². The number of carbonyl (C=O) groups excluding carboxylic acids is 1. The molecular formula is C12H25N3O2. The highest BCUT2D eigenvalue weighted by atomic mass is 16.3. The minimum atomic E-state index is -0.521. The van der Waals surface area contributed by atoms with Gasteiger partial charge in [-0.2, -0.15) is 0 Å². The standard InChI is InChI=1S/C12H25N3O2/c1-8(2)6-9(13)12(17)15-10-4-3-5-14-7-11(10)16/h8-11,14,16H,3-7,13H2,1-2H3,(H,15,17)/t9-,10?,11-/m0/s1. The first-order chi connectivity index (χ1) is 8.00. The normalized spacial score (nSPS) is 27.6. The molecule has 1 heterocycles. The van der Waals surface area contributed by atoms with E-state index in [0.717, 1.165) is 19.4 Å². The summed E-state index contributed by atoms with van der Waals surface area (Å²) < 4.78 is 0. The zero-order chi connectivity index (χ0) is 12.8. The Morgan fingerprint density at radius 1 is 1.59 bits per heavy atom. The lowest BCUT2D eigenvalue weighted by Gasteiger charge is -2.23. The minimum absolute atomic E-state index is 0.148. The molecule has 0 aliphatic carbocycles. The van der Waals surface area contributed by atoms with Crippen LogP contribution in [0.5, 0.6) is 0 Å². The predicted octanol–water partition coefficient (Wildman–Crippen LogP) is -0.411. The van der Waals surface area contributed by atoms with E-state index >= 15 is 0 Å². The van der Waals surface area contributed by atoms with Gasteiger partial charge in [0, 0.05) is 6.54 Å². The van der Waals surface area contributed by atoms with Crippen molar-refractivity contribution in [3.8, 4) is 0 Å². The van der Waals surface area contributed by atoms with E-state index in [1.165, 1.54) is 0 Å². The number of nitrogens with one attached hydrogen (secondary N) is 2. The van der Waals surface area contributed by atoms with E-state index in [4.69, 9.17) is 5.73 Å². The number of carbonyl (C=O) groups is 1. The molecular weight excluding hydrogens is 218 g/mol. The van der Waals surface area contributed by atoms with Crippen LogP contribution in [0.15, 0.2) is 0 Å². The van der Waals surface area contributed by atoms with Crippen LogP contribution in [-0.4, -0.2) is 42.3 Å². The highest BCUT2D eigenvalue weighted by molar-refractivity contribution is 5.81. The maximum Gasteiger partial charge on any atom is 0.237 e. The third kappa shape index (κ3) is 5.02. The van der Waals surface area contributed by atoms with Gasteiger partial charge in [0.25, 0.3) is 0 Å². The van der Waals surface area contributed by atoms with E-state index < -0.39 is 12.1 Å². The number of hydrogen-bond donors (Lipinski definition) is 4. The largest absolute Gasteiger partial charge is 0.390 e. The van der Waals surface area contributed by atoms with Gasteiger partial charge >= 0.3 is 0 Å². The van der Waals surface area contributed by atoms with Crippen LogP contribution in [0.2, 0.25) is 0 Å². The molecule has 1 aliphatic heterocycles. The second-order valence-electron chi connectivity index (χ2n) is 5.26. The van der Waals surface area contributed by atoms with Crippen molar-refractivity contribution in [2.24, 2.45) is 11.7 Å². The van der Waals surface area contributed by atoms with E-state index in [2.05, 4.69) is 10.6 Å². The molecule has 5 nitrogen and oxygen atoms in total. The smallest absolute Gasteiger partial charge is 0.237 e. The molecule has 0 radical (unpaired) electrons. The van der Waals surface area contributed by atoms with Gasteiger partial charge in [0.2, 0.25) is 5.91 Å². The van der Waals surface area contributed by atoms with Gasteiger partial charge in [0.05, 0.1) is 18.2 Å². The summed E-state index contributed by atoms with van der Waals surface area (Å²) in [5.41, 5.74) is 5.81. The van der Waals surface area contributed by atoms with Crippen LogP contribution in [-0.2, 0) is 4.79 Å². The Morgan fingerprint density at radius 3 is 2.94 bits per heavy atom. The Morgan fingerprint density at radius 2 is 2.29 bits per heavy atom. The molecule has 3 atom stereocenters. The van der Waals surface area contributed by atoms with Gasteiger partial charge < -0.3 is 21.5 Å². The van der Waals surface area contributed by atoms with Crippen molar-refractivity contribution in [3.05, 3.63) is 0 Å². The molecule has 0 saturated carbocycles. The fraction of sp³-hybridized carbons (Fsp3) is 0.917. The SMILES string of the molecule is CC(C)C[C@H](N)C(=O)NC1CCCNC[C@@H]1O. The number of hydrogen-bond acceptors (Lipinski definition) is 4. The van der Waals surface area contributed by atoms with Crippen molar-refractivity contribution in [1.82, 2.24) is 10.6 Å². The van der Waals surface area contributed by atoms with Crippen molar-refractivity contribution in [2.45, 2.75) is 51.3 Å². The first-order valence-electron chi connectivity index (χ1n) is 6.45. The Hall–Kier alpha value is -0.650. The molecule has 0 aromatic heterocycles. The molecule has 0 aromatic rings. The molecule has 5 N–H and O–H groups in total. The first kappa shape index (κ1) is 14.4. The number of nitrogens with two attached hydrogens (primary N) is 1. The number of aliphatic hydroxyl groups excluding tert-OH is 1. The average Bonchev–Trinajstić information content (AvgIpc) is 2.43. The van der Waals surface area contributed by atoms with E-state index in [-0.39, 0.29) is 11.9 Å². The van der Waals surface area contributed by atoms with E-state index in [9.17, 15) is 9.90 Å². The van der Waals surface area contributed by atoms with Crippen molar-refractivity contribution < 1.29 is 9.90 Å². The van der Waals surface area contributed by atoms with Crippen molar-refractivity contribution >= 4 is 5.91 Å². The molecule has 0 spiro atoms. The Balaban J connectivity index is 2.42. The fourth-order valence-corrected chi connectivity index (χ4v) is 2.10. The molecule has 17 heavy (non-hydrogen) atoms. The van der Waals surface area contributed by atoms with E-state index in [1.54, 1.807) is 0 Å². The summed E-state index contributed by atoms with van der Waals surface area (Å²) >= 11 is 0. The van der Waals surface area contributed by atoms with Crippen molar-refractivity contribution in [2.75, 3.05) is 13.1 Å². The van der Waals surface area contributed by atoms with E-state index in [0.29, 0.717) is 18.9 Å². The molecule has 1 aliphatic rings. The quantitative estimate of drug-likeness (QED) is 0.540. The van der Waals surface area contributed by atoms with Gasteiger partial charge in [-0.05, 0) is 31.7 Å². The molecule has 1 saturated heterocycles. The van der Waals surface area contributed by atoms with Crippen LogP contribution in [0.1, 0.15) is 33.1 Å². The molecule has 1 fully saturated rings. The summed E-state index contributed by atoms with van der Waals surface area (Å²) in [6, 6.07) is -0.644. The highest BCUT2D eigenvalue weighted by Crippen LogP contribution is 2.08. The summed E-state index contributed by atoms with van der Waals surface area (Å²) in [4.78, 5) is 11.8. The molecule has 1 unspecified atom stereocenters. The maximum absolute atomic E-state index is 11.8. The lowest BCUT2D eigenvalue weighted by molar-refractivity contribution is -0.124. The van der Waals surface area contributed by atoms with E-state index in [1.807, 2.05) is 13.8 Å². The number of β-amino-alcohol motifs (C(OH)–C–C–N with tert-alkyl or cyclic N) is 1. The molecule has 1 rings (SSSR count). The predicted molar refractivity (Wildman–Crippen MR) is 67.5 cm³/mol. The Bertz CT molecular complexity index is 246. The van der Waals surface area contributed by atoms with Gasteiger partial charge in [-0.1, -0.05) is 13.8 Å². The monoisotopic (exact) mass is 243 g/mol. The van der Waals surface area contributed by atoms with Crippen LogP contribution >= 0.6 is 0 Å². The van der Waals surface area contributed by atoms with Crippen LogP contribution in [0.4, 0.5) is 0 Å². The van der Waals surface area contributed by atoms with Crippen LogP contribution in [0, 0.1) is 5.92 Å². The lowest BCUT2D eigenvalue weighted by Crippen LogP contribution is -2.51. The van der Waals surface area contributed by atoms with Gasteiger partial charge in [0.15, 0.2) is 0 Å². The summed E-state index contributed by atoms with van der Waals surface area (Å²) in [5.74, 6) is 0.251. The molecule has 5 heteroatoms. The Labute approximate surface area is 103 Å². The second kappa shape index (κ2) is 6.93. The minimum Gasteiger partial charge on any atom is -0.390 e. The average molecular weight is 243 g/mol. The summed E-state index contributed by atoms with van der Waals surface area (Å²) in [6.07, 6.45) is 1.91. The second-order valence-corrected chi connectivity index (χ2v) is 5.26. The Kier molecular flexibility index (Phi) is 5.88. The zero-order valence-corrected chi connectivity index (χ0v) is 10.8. The van der Waals surface area contributed by atoms with Gasteiger partial charge in [-0.15, -0.1) is 0 Å². The van der Waals surface area contributed by atoms with Crippen LogP contribution in [0.25, 0.3) is 0 Å².